The average molecular weight is 317 g/mol. The van der Waals surface area contributed by atoms with Crippen molar-refractivity contribution >= 4 is 17.6 Å². The number of urea groups is 1. The summed E-state index contributed by atoms with van der Waals surface area (Å²) in [4.78, 5) is 26.3. The van der Waals surface area contributed by atoms with E-state index < -0.39 is 12.1 Å². The molecule has 6 heteroatoms. The van der Waals surface area contributed by atoms with Gasteiger partial charge in [0.25, 0.3) is 0 Å². The summed E-state index contributed by atoms with van der Waals surface area (Å²) in [6.45, 7) is 0.182. The molecule has 0 bridgehead atoms. The van der Waals surface area contributed by atoms with Gasteiger partial charge in [-0.2, -0.15) is 0 Å². The molecular formula is C17H23N3O3. The van der Waals surface area contributed by atoms with Gasteiger partial charge in [-0.1, -0.05) is 31.0 Å². The van der Waals surface area contributed by atoms with Crippen LogP contribution in [0.2, 0.25) is 0 Å². The van der Waals surface area contributed by atoms with Crippen LogP contribution in [0.25, 0.3) is 0 Å². The summed E-state index contributed by atoms with van der Waals surface area (Å²) in [6, 6.07) is 8.37. The number of carbonyl (C=O) groups is 2. The Morgan fingerprint density at radius 1 is 1.13 bits per heavy atom. The molecule has 1 aromatic rings. The number of para-hydroxylation sites is 1. The number of rotatable bonds is 3. The maximum atomic E-state index is 12.5. The molecule has 2 atom stereocenters. The third-order valence-corrected chi connectivity index (χ3v) is 4.57. The summed E-state index contributed by atoms with van der Waals surface area (Å²) in [6.07, 6.45) is 3.90. The molecule has 3 amide bonds. The van der Waals surface area contributed by atoms with Crippen LogP contribution in [0.15, 0.2) is 30.3 Å². The van der Waals surface area contributed by atoms with Crippen molar-refractivity contribution < 1.29 is 14.7 Å². The number of aliphatic hydroxyl groups is 1. The van der Waals surface area contributed by atoms with Crippen LogP contribution in [-0.2, 0) is 4.79 Å². The molecule has 0 unspecified atom stereocenters. The highest BCUT2D eigenvalue weighted by atomic mass is 16.3. The number of likely N-dealkylation sites (tertiary alicyclic amines) is 1. The molecular weight excluding hydrogens is 294 g/mol. The molecule has 1 heterocycles. The molecule has 1 saturated heterocycles. The van der Waals surface area contributed by atoms with Crippen molar-refractivity contribution in [3.05, 3.63) is 30.3 Å². The molecule has 1 aliphatic heterocycles. The smallest absolute Gasteiger partial charge is 0.322 e. The van der Waals surface area contributed by atoms with Gasteiger partial charge in [0.1, 0.15) is 6.04 Å². The Bertz CT molecular complexity index is 557. The number of hydrogen-bond donors (Lipinski definition) is 3. The zero-order valence-corrected chi connectivity index (χ0v) is 13.1. The average Bonchev–Trinajstić information content (AvgIpc) is 3.17. The molecule has 1 aliphatic carbocycles. The molecule has 124 valence electrons. The zero-order valence-electron chi connectivity index (χ0n) is 13.1. The Hall–Kier alpha value is -2.08. The molecule has 3 rings (SSSR count). The minimum atomic E-state index is -0.657. The highest BCUT2D eigenvalue weighted by Crippen LogP contribution is 2.22. The van der Waals surface area contributed by atoms with E-state index in [9.17, 15) is 14.7 Å². The second-order valence-corrected chi connectivity index (χ2v) is 6.34. The lowest BCUT2D eigenvalue weighted by molar-refractivity contribution is -0.125. The van der Waals surface area contributed by atoms with Gasteiger partial charge in [0.15, 0.2) is 0 Å². The van der Waals surface area contributed by atoms with E-state index in [-0.39, 0.29) is 24.5 Å². The molecule has 0 spiro atoms. The lowest BCUT2D eigenvalue weighted by Crippen LogP contribution is -2.49. The molecule has 1 aromatic carbocycles. The van der Waals surface area contributed by atoms with Gasteiger partial charge in [-0.15, -0.1) is 0 Å². The van der Waals surface area contributed by atoms with Crippen LogP contribution in [-0.4, -0.2) is 46.7 Å². The van der Waals surface area contributed by atoms with Crippen LogP contribution < -0.4 is 10.6 Å². The predicted octanol–water partition coefficient (Wildman–Crippen LogP) is 1.71. The minimum absolute atomic E-state index is 0.156. The Morgan fingerprint density at radius 2 is 1.83 bits per heavy atom. The maximum Gasteiger partial charge on any atom is 0.322 e. The van der Waals surface area contributed by atoms with E-state index in [1.165, 1.54) is 4.90 Å². The Kier molecular flexibility index (Phi) is 4.81. The standard InChI is InChI=1S/C17H23N3O3/c21-14-10-15(16(22)18-12-8-4-5-9-12)20(11-14)17(23)19-13-6-2-1-3-7-13/h1-3,6-7,12,14-15,21H,4-5,8-11H2,(H,18,22)(H,19,23)/t14-,15-/m1/s1. The van der Waals surface area contributed by atoms with E-state index in [2.05, 4.69) is 10.6 Å². The minimum Gasteiger partial charge on any atom is -0.391 e. The third-order valence-electron chi connectivity index (χ3n) is 4.57. The molecule has 1 saturated carbocycles. The van der Waals surface area contributed by atoms with Crippen LogP contribution in [0, 0.1) is 0 Å². The van der Waals surface area contributed by atoms with Crippen LogP contribution >= 0.6 is 0 Å². The summed E-state index contributed by atoms with van der Waals surface area (Å²) in [5, 5.41) is 15.7. The van der Waals surface area contributed by atoms with E-state index in [1.807, 2.05) is 18.2 Å². The van der Waals surface area contributed by atoms with Crippen molar-refractivity contribution in [3.8, 4) is 0 Å². The summed E-state index contributed by atoms with van der Waals surface area (Å²) < 4.78 is 0. The lowest BCUT2D eigenvalue weighted by atomic mass is 10.1. The van der Waals surface area contributed by atoms with Crippen molar-refractivity contribution in [2.24, 2.45) is 0 Å². The summed E-state index contributed by atoms with van der Waals surface area (Å²) >= 11 is 0. The van der Waals surface area contributed by atoms with Gasteiger partial charge in [-0.05, 0) is 25.0 Å². The van der Waals surface area contributed by atoms with E-state index in [0.717, 1.165) is 25.7 Å². The number of aliphatic hydroxyl groups excluding tert-OH is 1. The normalized spacial score (nSPS) is 24.7. The van der Waals surface area contributed by atoms with Crippen LogP contribution in [0.5, 0.6) is 0 Å². The fourth-order valence-corrected chi connectivity index (χ4v) is 3.37. The quantitative estimate of drug-likeness (QED) is 0.794. The highest BCUT2D eigenvalue weighted by Gasteiger charge is 2.39. The third kappa shape index (κ3) is 3.82. The topological polar surface area (TPSA) is 81.7 Å². The van der Waals surface area contributed by atoms with E-state index in [0.29, 0.717) is 12.1 Å². The first-order valence-corrected chi connectivity index (χ1v) is 8.24. The number of benzene rings is 1. The Balaban J connectivity index is 1.64. The van der Waals surface area contributed by atoms with Gasteiger partial charge in [-0.3, -0.25) is 4.79 Å². The van der Waals surface area contributed by atoms with Crippen LogP contribution in [0.4, 0.5) is 10.5 Å². The molecule has 0 radical (unpaired) electrons. The largest absolute Gasteiger partial charge is 0.391 e. The fourth-order valence-electron chi connectivity index (χ4n) is 3.37. The van der Waals surface area contributed by atoms with E-state index in [4.69, 9.17) is 0 Å². The number of carbonyl (C=O) groups excluding carboxylic acids is 2. The van der Waals surface area contributed by atoms with Gasteiger partial charge in [0, 0.05) is 24.7 Å². The molecule has 3 N–H and O–H groups in total. The number of β-amino-alcohol motifs (C(OH)–C–C–N with tert-alkyl or cyclic N) is 1. The van der Waals surface area contributed by atoms with Crippen molar-refractivity contribution in [1.29, 1.82) is 0 Å². The maximum absolute atomic E-state index is 12.5. The van der Waals surface area contributed by atoms with Crippen molar-refractivity contribution in [2.75, 3.05) is 11.9 Å². The van der Waals surface area contributed by atoms with E-state index in [1.54, 1.807) is 12.1 Å². The van der Waals surface area contributed by atoms with Gasteiger partial charge in [0.2, 0.25) is 5.91 Å². The summed E-state index contributed by atoms with van der Waals surface area (Å²) in [7, 11) is 0. The molecule has 6 nitrogen and oxygen atoms in total. The Labute approximate surface area is 135 Å². The zero-order chi connectivity index (χ0) is 16.2. The van der Waals surface area contributed by atoms with Gasteiger partial charge in [0.05, 0.1) is 6.10 Å². The number of nitrogens with one attached hydrogen (secondary N) is 2. The predicted molar refractivity (Wildman–Crippen MR) is 87.0 cm³/mol. The van der Waals surface area contributed by atoms with Crippen molar-refractivity contribution in [1.82, 2.24) is 10.2 Å². The molecule has 0 aromatic heterocycles. The monoisotopic (exact) mass is 317 g/mol. The van der Waals surface area contributed by atoms with Gasteiger partial charge < -0.3 is 20.6 Å². The summed E-state index contributed by atoms with van der Waals surface area (Å²) in [5.74, 6) is -0.156. The molecule has 23 heavy (non-hydrogen) atoms. The van der Waals surface area contributed by atoms with Crippen LogP contribution in [0.1, 0.15) is 32.1 Å². The first-order chi connectivity index (χ1) is 11.1. The van der Waals surface area contributed by atoms with Crippen molar-refractivity contribution in [3.63, 3.8) is 0 Å². The first-order valence-electron chi connectivity index (χ1n) is 8.24. The second kappa shape index (κ2) is 7.00. The lowest BCUT2D eigenvalue weighted by Gasteiger charge is -2.25. The van der Waals surface area contributed by atoms with Gasteiger partial charge >= 0.3 is 6.03 Å². The molecule has 2 aliphatic rings. The number of hydrogen-bond acceptors (Lipinski definition) is 3. The van der Waals surface area contributed by atoms with E-state index >= 15 is 0 Å². The number of amides is 3. The molecule has 2 fully saturated rings. The van der Waals surface area contributed by atoms with Gasteiger partial charge in [-0.25, -0.2) is 4.79 Å². The second-order valence-electron chi connectivity index (χ2n) is 6.34. The highest BCUT2D eigenvalue weighted by molar-refractivity contribution is 5.94. The fraction of sp³-hybridized carbons (Fsp3) is 0.529. The van der Waals surface area contributed by atoms with Crippen molar-refractivity contribution in [2.45, 2.75) is 50.3 Å². The Morgan fingerprint density at radius 3 is 2.52 bits per heavy atom. The summed E-state index contributed by atoms with van der Waals surface area (Å²) in [5.41, 5.74) is 0.675. The first kappa shape index (κ1) is 15.8. The number of nitrogens with zero attached hydrogens (tertiary/aromatic N) is 1. The number of anilines is 1. The van der Waals surface area contributed by atoms with Crippen LogP contribution in [0.3, 0.4) is 0 Å². The SMILES string of the molecule is O=C(NC1CCCC1)[C@H]1C[C@@H](O)CN1C(=O)Nc1ccccc1.